The molecule has 0 N–H and O–H groups in total. The van der Waals surface area contributed by atoms with Gasteiger partial charge in [-0.25, -0.2) is 4.98 Å². The molecule has 128 valence electrons. The molecule has 2 aromatic rings. The first kappa shape index (κ1) is 17.3. The maximum atomic E-state index is 12.7. The summed E-state index contributed by atoms with van der Waals surface area (Å²) in [5, 5.41) is 1.11. The van der Waals surface area contributed by atoms with Gasteiger partial charge in [0.2, 0.25) is 5.95 Å². The molecule has 7 heteroatoms. The average molecular weight is 367 g/mol. The van der Waals surface area contributed by atoms with E-state index in [0.717, 1.165) is 11.4 Å². The SMILES string of the molecule is Cc1nc2n(c(=O)c1C)CN(C(C)C)CN2c1ccc(Cl)cc1Cl. The van der Waals surface area contributed by atoms with Gasteiger partial charge in [0, 0.05) is 22.3 Å². The summed E-state index contributed by atoms with van der Waals surface area (Å²) >= 11 is 12.4. The van der Waals surface area contributed by atoms with Crippen LogP contribution in [0.4, 0.5) is 11.6 Å². The molecule has 0 saturated heterocycles. The van der Waals surface area contributed by atoms with Gasteiger partial charge in [0.1, 0.15) is 0 Å². The molecule has 1 aromatic heterocycles. The van der Waals surface area contributed by atoms with Crippen molar-refractivity contribution in [1.29, 1.82) is 0 Å². The fraction of sp³-hybridized carbons (Fsp3) is 0.412. The van der Waals surface area contributed by atoms with Crippen LogP contribution in [0, 0.1) is 13.8 Å². The van der Waals surface area contributed by atoms with Gasteiger partial charge in [0.15, 0.2) is 0 Å². The molecule has 0 aliphatic carbocycles. The van der Waals surface area contributed by atoms with E-state index in [1.807, 2.05) is 24.8 Å². The van der Waals surface area contributed by atoms with Crippen LogP contribution < -0.4 is 10.5 Å². The van der Waals surface area contributed by atoms with E-state index in [2.05, 4.69) is 23.7 Å². The van der Waals surface area contributed by atoms with E-state index in [9.17, 15) is 4.79 Å². The Bertz CT molecular complexity index is 847. The number of rotatable bonds is 2. The van der Waals surface area contributed by atoms with Crippen molar-refractivity contribution in [3.8, 4) is 0 Å². The second-order valence-corrected chi connectivity index (χ2v) is 7.19. The van der Waals surface area contributed by atoms with E-state index in [4.69, 9.17) is 23.2 Å². The third-order valence-electron chi connectivity index (χ3n) is 4.44. The molecule has 0 unspecified atom stereocenters. The first-order valence-electron chi connectivity index (χ1n) is 7.84. The zero-order chi connectivity index (χ0) is 17.6. The number of anilines is 2. The highest BCUT2D eigenvalue weighted by Gasteiger charge is 2.29. The van der Waals surface area contributed by atoms with Gasteiger partial charge in [-0.05, 0) is 45.9 Å². The van der Waals surface area contributed by atoms with Gasteiger partial charge in [0.25, 0.3) is 5.56 Å². The van der Waals surface area contributed by atoms with Crippen molar-refractivity contribution in [3.63, 3.8) is 0 Å². The Kier molecular flexibility index (Phi) is 4.60. The highest BCUT2D eigenvalue weighted by Crippen LogP contribution is 2.35. The topological polar surface area (TPSA) is 41.4 Å². The largest absolute Gasteiger partial charge is 0.297 e. The van der Waals surface area contributed by atoms with Gasteiger partial charge in [-0.2, -0.15) is 0 Å². The molecular weight excluding hydrogens is 347 g/mol. The molecule has 2 heterocycles. The van der Waals surface area contributed by atoms with Crippen molar-refractivity contribution in [2.45, 2.75) is 40.4 Å². The summed E-state index contributed by atoms with van der Waals surface area (Å²) in [6, 6.07) is 5.64. The predicted octanol–water partition coefficient (Wildman–Crippen LogP) is 3.94. The smallest absolute Gasteiger partial charge is 0.259 e. The van der Waals surface area contributed by atoms with Crippen LogP contribution in [0.1, 0.15) is 25.1 Å². The summed E-state index contributed by atoms with van der Waals surface area (Å²) in [6.07, 6.45) is 0. The summed E-state index contributed by atoms with van der Waals surface area (Å²) in [5.74, 6) is 0.615. The van der Waals surface area contributed by atoms with Crippen LogP contribution in [0.15, 0.2) is 23.0 Å². The highest BCUT2D eigenvalue weighted by atomic mass is 35.5. The van der Waals surface area contributed by atoms with E-state index in [0.29, 0.717) is 34.9 Å². The van der Waals surface area contributed by atoms with Crippen molar-refractivity contribution in [2.75, 3.05) is 11.6 Å². The summed E-state index contributed by atoms with van der Waals surface area (Å²) in [6.45, 7) is 8.99. The highest BCUT2D eigenvalue weighted by molar-refractivity contribution is 6.36. The molecule has 0 saturated carbocycles. The second-order valence-electron chi connectivity index (χ2n) is 6.34. The van der Waals surface area contributed by atoms with Gasteiger partial charge in [0.05, 0.1) is 24.0 Å². The Morgan fingerprint density at radius 3 is 2.50 bits per heavy atom. The first-order chi connectivity index (χ1) is 11.3. The van der Waals surface area contributed by atoms with Crippen molar-refractivity contribution >= 4 is 34.8 Å². The molecule has 0 amide bonds. The molecule has 0 atom stereocenters. The van der Waals surface area contributed by atoms with Crippen molar-refractivity contribution in [2.24, 2.45) is 0 Å². The van der Waals surface area contributed by atoms with Crippen LogP contribution in [0.2, 0.25) is 10.0 Å². The molecule has 0 radical (unpaired) electrons. The molecular formula is C17H20Cl2N4O. The third-order valence-corrected chi connectivity index (χ3v) is 4.97. The van der Waals surface area contributed by atoms with Crippen molar-refractivity contribution in [3.05, 3.63) is 49.9 Å². The fourth-order valence-electron chi connectivity index (χ4n) is 2.76. The minimum atomic E-state index is -0.0158. The normalized spacial score (nSPS) is 15.0. The molecule has 0 fully saturated rings. The number of halogens is 2. The number of hydrogen-bond acceptors (Lipinski definition) is 4. The first-order valence-corrected chi connectivity index (χ1v) is 8.60. The fourth-order valence-corrected chi connectivity index (χ4v) is 3.27. The number of aryl methyl sites for hydroxylation is 1. The maximum absolute atomic E-state index is 12.7. The van der Waals surface area contributed by atoms with Gasteiger partial charge in [-0.15, -0.1) is 0 Å². The van der Waals surface area contributed by atoms with E-state index in [1.54, 1.807) is 16.7 Å². The summed E-state index contributed by atoms with van der Waals surface area (Å²) in [7, 11) is 0. The summed E-state index contributed by atoms with van der Waals surface area (Å²) in [5.41, 5.74) is 2.18. The van der Waals surface area contributed by atoms with E-state index in [1.165, 1.54) is 0 Å². The van der Waals surface area contributed by atoms with Crippen molar-refractivity contribution in [1.82, 2.24) is 14.5 Å². The lowest BCUT2D eigenvalue weighted by atomic mass is 10.2. The predicted molar refractivity (Wildman–Crippen MR) is 98.4 cm³/mol. The monoisotopic (exact) mass is 366 g/mol. The zero-order valence-corrected chi connectivity index (χ0v) is 15.7. The lowest BCUT2D eigenvalue weighted by molar-refractivity contribution is 0.156. The Morgan fingerprint density at radius 2 is 1.88 bits per heavy atom. The van der Waals surface area contributed by atoms with Gasteiger partial charge in [-0.3, -0.25) is 19.2 Å². The van der Waals surface area contributed by atoms with Gasteiger partial charge >= 0.3 is 0 Å². The number of hydrogen-bond donors (Lipinski definition) is 0. The van der Waals surface area contributed by atoms with Crippen molar-refractivity contribution < 1.29 is 0 Å². The summed E-state index contributed by atoms with van der Waals surface area (Å²) in [4.78, 5) is 21.6. The van der Waals surface area contributed by atoms with Crippen LogP contribution in [0.5, 0.6) is 0 Å². The summed E-state index contributed by atoms with van der Waals surface area (Å²) < 4.78 is 1.71. The average Bonchev–Trinajstić information content (AvgIpc) is 2.52. The van der Waals surface area contributed by atoms with Crippen LogP contribution in [0.3, 0.4) is 0 Å². The molecule has 5 nitrogen and oxygen atoms in total. The van der Waals surface area contributed by atoms with E-state index >= 15 is 0 Å². The quantitative estimate of drug-likeness (QED) is 0.806. The Morgan fingerprint density at radius 1 is 1.17 bits per heavy atom. The van der Waals surface area contributed by atoms with Crippen LogP contribution in [0.25, 0.3) is 0 Å². The Labute approximate surface area is 151 Å². The minimum absolute atomic E-state index is 0.0158. The van der Waals surface area contributed by atoms with Crippen LogP contribution in [-0.4, -0.2) is 27.2 Å². The van der Waals surface area contributed by atoms with Crippen LogP contribution in [-0.2, 0) is 6.67 Å². The standard InChI is InChI=1S/C17H20Cl2N4O/c1-10(2)21-8-22(15-6-5-13(18)7-14(15)19)17-20-12(4)11(3)16(24)23(17)9-21/h5-7,10H,8-9H2,1-4H3. The van der Waals surface area contributed by atoms with Gasteiger partial charge in [-0.1, -0.05) is 23.2 Å². The number of aromatic nitrogens is 2. The molecule has 3 rings (SSSR count). The Hall–Kier alpha value is -1.56. The zero-order valence-electron chi connectivity index (χ0n) is 14.2. The molecule has 1 aromatic carbocycles. The van der Waals surface area contributed by atoms with E-state index in [-0.39, 0.29) is 11.6 Å². The molecule has 24 heavy (non-hydrogen) atoms. The Balaban J connectivity index is 2.21. The van der Waals surface area contributed by atoms with Gasteiger partial charge < -0.3 is 0 Å². The maximum Gasteiger partial charge on any atom is 0.259 e. The number of nitrogens with zero attached hydrogens (tertiary/aromatic N) is 4. The molecule has 1 aliphatic heterocycles. The lowest BCUT2D eigenvalue weighted by Gasteiger charge is -2.40. The molecule has 0 bridgehead atoms. The third kappa shape index (κ3) is 2.92. The number of benzene rings is 1. The van der Waals surface area contributed by atoms with Crippen LogP contribution >= 0.6 is 23.2 Å². The lowest BCUT2D eigenvalue weighted by Crippen LogP contribution is -2.50. The van der Waals surface area contributed by atoms with E-state index < -0.39 is 0 Å². The molecule has 1 aliphatic rings. The number of fused-ring (bicyclic) bond motifs is 1. The molecule has 0 spiro atoms. The second kappa shape index (κ2) is 6.39. The minimum Gasteiger partial charge on any atom is -0.297 e.